The van der Waals surface area contributed by atoms with Crippen molar-refractivity contribution in [3.63, 3.8) is 0 Å². The number of nitrogens with zero attached hydrogens (tertiary/aromatic N) is 3. The fourth-order valence-electron chi connectivity index (χ4n) is 3.74. The summed E-state index contributed by atoms with van der Waals surface area (Å²) in [5, 5.41) is 7.75. The largest absolute Gasteiger partial charge is 0.348 e. The summed E-state index contributed by atoms with van der Waals surface area (Å²) < 4.78 is 0. The molecule has 2 N–H and O–H groups in total. The first-order chi connectivity index (χ1) is 15.0. The molecule has 2 heterocycles. The van der Waals surface area contributed by atoms with Crippen molar-refractivity contribution in [2.75, 3.05) is 25.5 Å². The molecule has 0 unspecified atom stereocenters. The lowest BCUT2D eigenvalue weighted by Gasteiger charge is -2.29. The van der Waals surface area contributed by atoms with Gasteiger partial charge in [-0.1, -0.05) is 30.8 Å². The van der Waals surface area contributed by atoms with Gasteiger partial charge in [0, 0.05) is 28.9 Å². The van der Waals surface area contributed by atoms with Gasteiger partial charge in [-0.2, -0.15) is 0 Å². The number of likely N-dealkylation sites (tertiary alicyclic amines) is 1. The second kappa shape index (κ2) is 9.06. The number of carbonyl (C=O) groups is 2. The van der Waals surface area contributed by atoms with Gasteiger partial charge in [0.1, 0.15) is 5.69 Å². The monoisotopic (exact) mass is 415 g/mol. The molecule has 2 aromatic carbocycles. The average molecular weight is 415 g/mol. The standard InChI is InChI=1S/C24H25N5O2/c1-3-22(30)27-20-6-4-5-16-7-8-17(15-19(16)20)23-25-12-9-21(28-23)24(31)26-18-10-13-29(2)14-11-18/h3-9,12,15,18H,1,10-11,13-14H2,2H3,(H,26,31)(H,27,30). The molecule has 1 saturated heterocycles. The fraction of sp³-hybridized carbons (Fsp3) is 0.250. The highest BCUT2D eigenvalue weighted by atomic mass is 16.2. The fourth-order valence-corrected chi connectivity index (χ4v) is 3.74. The molecule has 3 aromatic rings. The maximum absolute atomic E-state index is 12.7. The first-order valence-corrected chi connectivity index (χ1v) is 10.3. The number of anilines is 1. The van der Waals surface area contributed by atoms with Gasteiger partial charge in [0.05, 0.1) is 0 Å². The molecule has 1 aliphatic rings. The first-order valence-electron chi connectivity index (χ1n) is 10.3. The van der Waals surface area contributed by atoms with Crippen LogP contribution in [0.1, 0.15) is 23.3 Å². The predicted octanol–water partition coefficient (Wildman–Crippen LogP) is 3.25. The van der Waals surface area contributed by atoms with Crippen LogP contribution >= 0.6 is 0 Å². The van der Waals surface area contributed by atoms with Crippen molar-refractivity contribution in [3.05, 3.63) is 67.0 Å². The number of nitrogens with one attached hydrogen (secondary N) is 2. The van der Waals surface area contributed by atoms with Gasteiger partial charge in [-0.3, -0.25) is 9.59 Å². The molecule has 1 fully saturated rings. The molecule has 0 radical (unpaired) electrons. The van der Waals surface area contributed by atoms with Gasteiger partial charge in [0.25, 0.3) is 5.91 Å². The summed E-state index contributed by atoms with van der Waals surface area (Å²) in [6.07, 6.45) is 4.70. The quantitative estimate of drug-likeness (QED) is 0.625. The summed E-state index contributed by atoms with van der Waals surface area (Å²) in [6.45, 7) is 5.45. The molecule has 7 nitrogen and oxygen atoms in total. The summed E-state index contributed by atoms with van der Waals surface area (Å²) in [4.78, 5) is 35.6. The third-order valence-electron chi connectivity index (χ3n) is 5.53. The van der Waals surface area contributed by atoms with E-state index in [2.05, 4.69) is 39.1 Å². The number of amides is 2. The van der Waals surface area contributed by atoms with E-state index in [1.165, 1.54) is 6.08 Å². The molecule has 0 aliphatic carbocycles. The van der Waals surface area contributed by atoms with Gasteiger partial charge < -0.3 is 15.5 Å². The number of piperidine rings is 1. The topological polar surface area (TPSA) is 87.2 Å². The van der Waals surface area contributed by atoms with Gasteiger partial charge in [-0.25, -0.2) is 9.97 Å². The van der Waals surface area contributed by atoms with E-state index in [0.29, 0.717) is 17.2 Å². The summed E-state index contributed by atoms with van der Waals surface area (Å²) in [5.74, 6) is 0.00225. The van der Waals surface area contributed by atoms with Crippen LogP contribution in [0.3, 0.4) is 0 Å². The Morgan fingerprint density at radius 1 is 1.16 bits per heavy atom. The van der Waals surface area contributed by atoms with E-state index in [4.69, 9.17) is 0 Å². The number of benzene rings is 2. The molecule has 2 amide bonds. The Labute approximate surface area is 181 Å². The molecule has 1 aromatic heterocycles. The Kier molecular flexibility index (Phi) is 6.04. The Hall–Kier alpha value is -3.58. The van der Waals surface area contributed by atoms with Gasteiger partial charge in [0.2, 0.25) is 5.91 Å². The van der Waals surface area contributed by atoms with E-state index < -0.39 is 0 Å². The number of fused-ring (bicyclic) bond motifs is 1. The molecule has 0 bridgehead atoms. The highest BCUT2D eigenvalue weighted by Crippen LogP contribution is 2.28. The van der Waals surface area contributed by atoms with Crippen molar-refractivity contribution in [1.29, 1.82) is 0 Å². The van der Waals surface area contributed by atoms with Crippen LogP contribution in [0.25, 0.3) is 22.2 Å². The van der Waals surface area contributed by atoms with Crippen LogP contribution in [-0.2, 0) is 4.79 Å². The minimum Gasteiger partial charge on any atom is -0.348 e. The second-order valence-electron chi connectivity index (χ2n) is 7.75. The van der Waals surface area contributed by atoms with Crippen LogP contribution in [-0.4, -0.2) is 52.9 Å². The smallest absolute Gasteiger partial charge is 0.270 e. The van der Waals surface area contributed by atoms with E-state index >= 15 is 0 Å². The van der Waals surface area contributed by atoms with E-state index in [1.54, 1.807) is 12.3 Å². The van der Waals surface area contributed by atoms with Crippen LogP contribution in [0, 0.1) is 0 Å². The third-order valence-corrected chi connectivity index (χ3v) is 5.53. The number of carbonyl (C=O) groups excluding carboxylic acids is 2. The van der Waals surface area contributed by atoms with Gasteiger partial charge >= 0.3 is 0 Å². The van der Waals surface area contributed by atoms with Crippen LogP contribution < -0.4 is 10.6 Å². The Morgan fingerprint density at radius 2 is 1.97 bits per heavy atom. The van der Waals surface area contributed by atoms with E-state index in [0.717, 1.165) is 42.3 Å². The highest BCUT2D eigenvalue weighted by Gasteiger charge is 2.20. The molecule has 0 spiro atoms. The van der Waals surface area contributed by atoms with Crippen LogP contribution in [0.4, 0.5) is 5.69 Å². The number of hydrogen-bond acceptors (Lipinski definition) is 5. The summed E-state index contributed by atoms with van der Waals surface area (Å²) in [6, 6.07) is 13.3. The average Bonchev–Trinajstić information content (AvgIpc) is 2.80. The zero-order chi connectivity index (χ0) is 21.8. The zero-order valence-corrected chi connectivity index (χ0v) is 17.5. The van der Waals surface area contributed by atoms with Crippen molar-refractivity contribution in [3.8, 4) is 11.4 Å². The SMILES string of the molecule is C=CC(=O)Nc1cccc2ccc(-c3nccc(C(=O)NC4CCN(C)CC4)n3)cc12. The summed E-state index contributed by atoms with van der Waals surface area (Å²) >= 11 is 0. The number of hydrogen-bond donors (Lipinski definition) is 2. The second-order valence-corrected chi connectivity index (χ2v) is 7.75. The maximum Gasteiger partial charge on any atom is 0.270 e. The summed E-state index contributed by atoms with van der Waals surface area (Å²) in [5.41, 5.74) is 1.79. The van der Waals surface area contributed by atoms with Gasteiger partial charge in [-0.15, -0.1) is 0 Å². The molecule has 0 atom stereocenters. The van der Waals surface area contributed by atoms with Crippen molar-refractivity contribution in [1.82, 2.24) is 20.2 Å². The minimum absolute atomic E-state index is 0.166. The van der Waals surface area contributed by atoms with E-state index in [9.17, 15) is 9.59 Å². The predicted molar refractivity (Wildman–Crippen MR) is 122 cm³/mol. The highest BCUT2D eigenvalue weighted by molar-refractivity contribution is 6.06. The van der Waals surface area contributed by atoms with Gasteiger partial charge in [-0.05, 0) is 62.6 Å². The van der Waals surface area contributed by atoms with Crippen molar-refractivity contribution < 1.29 is 9.59 Å². The molecular weight excluding hydrogens is 390 g/mol. The van der Waals surface area contributed by atoms with Gasteiger partial charge in [0.15, 0.2) is 5.82 Å². The lowest BCUT2D eigenvalue weighted by molar-refractivity contribution is -0.111. The number of aromatic nitrogens is 2. The lowest BCUT2D eigenvalue weighted by Crippen LogP contribution is -2.43. The maximum atomic E-state index is 12.7. The number of rotatable bonds is 5. The molecule has 1 aliphatic heterocycles. The van der Waals surface area contributed by atoms with Crippen LogP contribution in [0.15, 0.2) is 61.3 Å². The van der Waals surface area contributed by atoms with Crippen molar-refractivity contribution in [2.24, 2.45) is 0 Å². The Balaban J connectivity index is 1.59. The van der Waals surface area contributed by atoms with Crippen LogP contribution in [0.2, 0.25) is 0 Å². The molecule has 31 heavy (non-hydrogen) atoms. The van der Waals surface area contributed by atoms with Crippen LogP contribution in [0.5, 0.6) is 0 Å². The minimum atomic E-state index is -0.276. The molecular formula is C24H25N5O2. The lowest BCUT2D eigenvalue weighted by atomic mass is 10.0. The Bertz CT molecular complexity index is 1140. The van der Waals surface area contributed by atoms with E-state index in [-0.39, 0.29) is 17.9 Å². The van der Waals surface area contributed by atoms with Crippen molar-refractivity contribution >= 4 is 28.3 Å². The van der Waals surface area contributed by atoms with E-state index in [1.807, 2.05) is 36.4 Å². The molecule has 4 rings (SSSR count). The third kappa shape index (κ3) is 4.78. The Morgan fingerprint density at radius 3 is 2.74 bits per heavy atom. The molecule has 0 saturated carbocycles. The first kappa shape index (κ1) is 20.7. The summed E-state index contributed by atoms with van der Waals surface area (Å²) in [7, 11) is 2.09. The molecule has 7 heteroatoms. The van der Waals surface area contributed by atoms with Crippen molar-refractivity contribution in [2.45, 2.75) is 18.9 Å². The zero-order valence-electron chi connectivity index (χ0n) is 17.5. The molecule has 158 valence electrons. The normalized spacial score (nSPS) is 14.9.